The third-order valence-corrected chi connectivity index (χ3v) is 3.91. The van der Waals surface area contributed by atoms with E-state index in [1.165, 1.54) is 11.8 Å². The van der Waals surface area contributed by atoms with E-state index in [0.29, 0.717) is 11.4 Å². The van der Waals surface area contributed by atoms with Crippen molar-refractivity contribution in [3.05, 3.63) is 54.1 Å². The Labute approximate surface area is 148 Å². The molecule has 0 unspecified atom stereocenters. The molecule has 0 aliphatic heterocycles. The minimum Gasteiger partial charge on any atom is -0.495 e. The summed E-state index contributed by atoms with van der Waals surface area (Å²) in [6, 6.07) is 14.8. The van der Waals surface area contributed by atoms with Gasteiger partial charge in [0.1, 0.15) is 12.3 Å². The van der Waals surface area contributed by atoms with Crippen LogP contribution in [0.5, 0.6) is 5.75 Å². The van der Waals surface area contributed by atoms with Crippen LogP contribution in [0.15, 0.2) is 48.5 Å². The molecular weight excluding hydrogens is 316 g/mol. The van der Waals surface area contributed by atoms with Crippen LogP contribution in [0.1, 0.15) is 32.3 Å². The number of benzene rings is 2. The zero-order chi connectivity index (χ0) is 18.4. The predicted octanol–water partition coefficient (Wildman–Crippen LogP) is 3.81. The lowest BCUT2D eigenvalue weighted by Gasteiger charge is -2.25. The second kappa shape index (κ2) is 8.33. The third-order valence-electron chi connectivity index (χ3n) is 3.91. The molecule has 0 aliphatic carbocycles. The molecule has 5 nitrogen and oxygen atoms in total. The summed E-state index contributed by atoms with van der Waals surface area (Å²) in [4.78, 5) is 26.1. The monoisotopic (exact) mass is 340 g/mol. The number of carbonyl (C=O) groups is 2. The Morgan fingerprint density at radius 1 is 1.08 bits per heavy atom. The number of anilines is 2. The quantitative estimate of drug-likeness (QED) is 0.870. The van der Waals surface area contributed by atoms with Crippen LogP contribution in [-0.4, -0.2) is 25.5 Å². The zero-order valence-corrected chi connectivity index (χ0v) is 15.1. The Bertz CT molecular complexity index is 756. The molecule has 0 radical (unpaired) electrons. The summed E-state index contributed by atoms with van der Waals surface area (Å²) in [7, 11) is 1.55. The fraction of sp³-hybridized carbons (Fsp3) is 0.300. The molecule has 0 aliphatic rings. The van der Waals surface area contributed by atoms with Crippen molar-refractivity contribution >= 4 is 23.2 Å². The highest BCUT2D eigenvalue weighted by molar-refractivity contribution is 6.02. The molecule has 0 heterocycles. The van der Waals surface area contributed by atoms with Gasteiger partial charge in [-0.1, -0.05) is 44.2 Å². The van der Waals surface area contributed by atoms with Gasteiger partial charge in [-0.25, -0.2) is 0 Å². The zero-order valence-electron chi connectivity index (χ0n) is 15.1. The molecular formula is C20H24N2O3. The van der Waals surface area contributed by atoms with E-state index < -0.39 is 0 Å². The smallest absolute Gasteiger partial charge is 0.244 e. The third kappa shape index (κ3) is 4.59. The number of nitrogens with zero attached hydrogens (tertiary/aromatic N) is 1. The van der Waals surface area contributed by atoms with Gasteiger partial charge in [0.2, 0.25) is 11.8 Å². The van der Waals surface area contributed by atoms with Crippen LogP contribution >= 0.6 is 0 Å². The Morgan fingerprint density at radius 2 is 1.72 bits per heavy atom. The molecule has 0 atom stereocenters. The maximum atomic E-state index is 12.5. The van der Waals surface area contributed by atoms with Crippen LogP contribution in [0.2, 0.25) is 0 Å². The first-order valence-electron chi connectivity index (χ1n) is 8.24. The molecule has 2 rings (SSSR count). The van der Waals surface area contributed by atoms with Crippen LogP contribution in [0.4, 0.5) is 11.4 Å². The summed E-state index contributed by atoms with van der Waals surface area (Å²) in [5, 5.41) is 2.81. The van der Waals surface area contributed by atoms with Crippen LogP contribution < -0.4 is 15.0 Å². The van der Waals surface area contributed by atoms with Gasteiger partial charge in [0.05, 0.1) is 12.8 Å². The highest BCUT2D eigenvalue weighted by Gasteiger charge is 2.20. The fourth-order valence-corrected chi connectivity index (χ4v) is 2.67. The SMILES string of the molecule is COc1ccccc1NC(=O)CN(C(C)=O)c1ccccc1C(C)C. The van der Waals surface area contributed by atoms with E-state index in [-0.39, 0.29) is 24.3 Å². The van der Waals surface area contributed by atoms with Crippen LogP contribution in [0.25, 0.3) is 0 Å². The number of ether oxygens (including phenoxy) is 1. The van der Waals surface area contributed by atoms with Crippen LogP contribution in [0, 0.1) is 0 Å². The number of amides is 2. The topological polar surface area (TPSA) is 58.6 Å². The number of nitrogens with one attached hydrogen (secondary N) is 1. The fourth-order valence-electron chi connectivity index (χ4n) is 2.67. The summed E-state index contributed by atoms with van der Waals surface area (Å²) in [5.74, 6) is 0.365. The van der Waals surface area contributed by atoms with E-state index in [4.69, 9.17) is 4.74 Å². The van der Waals surface area contributed by atoms with Gasteiger partial charge in [0.15, 0.2) is 0 Å². The van der Waals surface area contributed by atoms with E-state index in [2.05, 4.69) is 19.2 Å². The molecule has 0 fully saturated rings. The molecule has 25 heavy (non-hydrogen) atoms. The van der Waals surface area contributed by atoms with Gasteiger partial charge in [0, 0.05) is 12.6 Å². The first-order valence-corrected chi connectivity index (χ1v) is 8.24. The lowest BCUT2D eigenvalue weighted by molar-refractivity contribution is -0.120. The first kappa shape index (κ1) is 18.5. The summed E-state index contributed by atoms with van der Waals surface area (Å²) in [6.07, 6.45) is 0. The summed E-state index contributed by atoms with van der Waals surface area (Å²) >= 11 is 0. The van der Waals surface area contributed by atoms with Crippen molar-refractivity contribution in [1.29, 1.82) is 0 Å². The van der Waals surface area contributed by atoms with Gasteiger partial charge in [0.25, 0.3) is 0 Å². The Kier molecular flexibility index (Phi) is 6.17. The maximum absolute atomic E-state index is 12.5. The van der Waals surface area contributed by atoms with Crippen molar-refractivity contribution in [2.45, 2.75) is 26.7 Å². The Hall–Kier alpha value is -2.82. The molecule has 2 aromatic rings. The van der Waals surface area contributed by atoms with Gasteiger partial charge in [-0.2, -0.15) is 0 Å². The number of rotatable bonds is 6. The average Bonchev–Trinajstić information content (AvgIpc) is 2.60. The van der Waals surface area contributed by atoms with E-state index in [1.54, 1.807) is 19.2 Å². The van der Waals surface area contributed by atoms with Gasteiger partial charge in [-0.3, -0.25) is 9.59 Å². The average molecular weight is 340 g/mol. The lowest BCUT2D eigenvalue weighted by atomic mass is 10.0. The number of hydrogen-bond donors (Lipinski definition) is 1. The van der Waals surface area contributed by atoms with Gasteiger partial charge in [-0.05, 0) is 29.7 Å². The Morgan fingerprint density at radius 3 is 2.36 bits per heavy atom. The standard InChI is InChI=1S/C20H24N2O3/c1-14(2)16-9-5-7-11-18(16)22(15(3)23)13-20(24)21-17-10-6-8-12-19(17)25-4/h5-12,14H,13H2,1-4H3,(H,21,24). The molecule has 1 N–H and O–H groups in total. The second-order valence-corrected chi connectivity index (χ2v) is 6.07. The lowest BCUT2D eigenvalue weighted by Crippen LogP contribution is -2.37. The number of carbonyl (C=O) groups excluding carboxylic acids is 2. The minimum atomic E-state index is -0.279. The van der Waals surface area contributed by atoms with E-state index in [9.17, 15) is 9.59 Å². The van der Waals surface area contributed by atoms with Crippen molar-refractivity contribution in [3.63, 3.8) is 0 Å². The van der Waals surface area contributed by atoms with Crippen molar-refractivity contribution < 1.29 is 14.3 Å². The summed E-state index contributed by atoms with van der Waals surface area (Å²) < 4.78 is 5.24. The van der Waals surface area contributed by atoms with E-state index in [1.807, 2.05) is 36.4 Å². The molecule has 0 saturated heterocycles. The van der Waals surface area contributed by atoms with E-state index in [0.717, 1.165) is 11.3 Å². The van der Waals surface area contributed by atoms with Crippen molar-refractivity contribution in [2.24, 2.45) is 0 Å². The van der Waals surface area contributed by atoms with E-state index >= 15 is 0 Å². The molecule has 2 amide bonds. The summed E-state index contributed by atoms with van der Waals surface area (Å²) in [5.41, 5.74) is 2.37. The minimum absolute atomic E-state index is 0.0584. The van der Waals surface area contributed by atoms with Gasteiger partial charge in [-0.15, -0.1) is 0 Å². The number of hydrogen-bond acceptors (Lipinski definition) is 3. The van der Waals surface area contributed by atoms with Gasteiger partial charge >= 0.3 is 0 Å². The number of para-hydroxylation sites is 3. The molecule has 5 heteroatoms. The van der Waals surface area contributed by atoms with Gasteiger partial charge < -0.3 is 15.0 Å². The normalized spacial score (nSPS) is 10.4. The molecule has 0 aromatic heterocycles. The summed E-state index contributed by atoms with van der Waals surface area (Å²) in [6.45, 7) is 5.53. The molecule has 0 bridgehead atoms. The van der Waals surface area contributed by atoms with Crippen molar-refractivity contribution in [3.8, 4) is 5.75 Å². The Balaban J connectivity index is 2.23. The molecule has 2 aromatic carbocycles. The van der Waals surface area contributed by atoms with Crippen molar-refractivity contribution in [2.75, 3.05) is 23.9 Å². The second-order valence-electron chi connectivity index (χ2n) is 6.07. The predicted molar refractivity (Wildman–Crippen MR) is 100 cm³/mol. The molecule has 132 valence electrons. The van der Waals surface area contributed by atoms with Crippen molar-refractivity contribution in [1.82, 2.24) is 0 Å². The maximum Gasteiger partial charge on any atom is 0.244 e. The largest absolute Gasteiger partial charge is 0.495 e. The molecule has 0 saturated carbocycles. The highest BCUT2D eigenvalue weighted by atomic mass is 16.5. The highest BCUT2D eigenvalue weighted by Crippen LogP contribution is 2.28. The molecule has 0 spiro atoms. The first-order chi connectivity index (χ1) is 11.9. The number of methoxy groups -OCH3 is 1. The van der Waals surface area contributed by atoms with Crippen LogP contribution in [-0.2, 0) is 9.59 Å². The van der Waals surface area contributed by atoms with Crippen LogP contribution in [0.3, 0.4) is 0 Å².